The van der Waals surface area contributed by atoms with Crippen LogP contribution in [-0.4, -0.2) is 43.6 Å². The van der Waals surface area contributed by atoms with Crippen molar-refractivity contribution in [1.29, 1.82) is 0 Å². The summed E-state index contributed by atoms with van der Waals surface area (Å²) in [7, 11) is 0. The number of thioether (sulfide) groups is 1. The van der Waals surface area contributed by atoms with E-state index in [0.717, 1.165) is 0 Å². The van der Waals surface area contributed by atoms with Gasteiger partial charge in [0.15, 0.2) is 5.17 Å². The number of carbonyl (C=O) groups excluding carboxylic acids is 2. The van der Waals surface area contributed by atoms with Gasteiger partial charge in [-0.05, 0) is 37.3 Å². The van der Waals surface area contributed by atoms with Crippen LogP contribution in [0.3, 0.4) is 0 Å². The summed E-state index contributed by atoms with van der Waals surface area (Å²) >= 11 is 1.19. The van der Waals surface area contributed by atoms with Crippen LogP contribution < -0.4 is 10.1 Å². The molecule has 0 bridgehead atoms. The third-order valence-corrected chi connectivity index (χ3v) is 6.33. The molecule has 3 aromatic rings. The van der Waals surface area contributed by atoms with Crippen molar-refractivity contribution < 1.29 is 19.2 Å². The van der Waals surface area contributed by atoms with E-state index in [-0.39, 0.29) is 30.2 Å². The third kappa shape index (κ3) is 6.05. The lowest BCUT2D eigenvalue weighted by molar-refractivity contribution is -0.384. The van der Waals surface area contributed by atoms with Gasteiger partial charge in [0.1, 0.15) is 16.7 Å². The minimum Gasteiger partial charge on any atom is -0.492 e. The Labute approximate surface area is 211 Å². The van der Waals surface area contributed by atoms with Gasteiger partial charge in [-0.1, -0.05) is 36.0 Å². The van der Waals surface area contributed by atoms with Crippen molar-refractivity contribution in [3.05, 3.63) is 88.7 Å². The molecule has 1 atom stereocenters. The molecule has 2 amide bonds. The fraction of sp³-hybridized carbons (Fsp3) is 0.200. The predicted molar refractivity (Wildman–Crippen MR) is 137 cm³/mol. The van der Waals surface area contributed by atoms with E-state index in [4.69, 9.17) is 9.73 Å². The molecule has 0 aliphatic carbocycles. The Balaban J connectivity index is 1.56. The number of benzene rings is 2. The molecule has 2 aromatic carbocycles. The van der Waals surface area contributed by atoms with Crippen molar-refractivity contribution >= 4 is 45.8 Å². The number of hydrogen-bond acceptors (Lipinski definition) is 8. The second-order valence-corrected chi connectivity index (χ2v) is 8.88. The molecule has 1 aromatic heterocycles. The van der Waals surface area contributed by atoms with Gasteiger partial charge in [0.2, 0.25) is 11.8 Å². The van der Waals surface area contributed by atoms with Gasteiger partial charge in [-0.15, -0.1) is 0 Å². The number of non-ortho nitro benzene ring substituents is 1. The summed E-state index contributed by atoms with van der Waals surface area (Å²) < 4.78 is 5.67. The molecule has 0 radical (unpaired) electrons. The number of aromatic nitrogens is 1. The van der Waals surface area contributed by atoms with Gasteiger partial charge in [0.25, 0.3) is 5.69 Å². The predicted octanol–water partition coefficient (Wildman–Crippen LogP) is 4.55. The highest BCUT2D eigenvalue weighted by molar-refractivity contribution is 8.15. The number of aliphatic imine (C=N–C) groups is 1. The number of nitrogens with zero attached hydrogens (tertiary/aromatic N) is 4. The Bertz CT molecular complexity index is 1300. The number of para-hydroxylation sites is 2. The van der Waals surface area contributed by atoms with Crippen LogP contribution in [0.25, 0.3) is 0 Å². The fourth-order valence-electron chi connectivity index (χ4n) is 3.53. The van der Waals surface area contributed by atoms with Crippen molar-refractivity contribution in [3.8, 4) is 5.75 Å². The second kappa shape index (κ2) is 11.5. The number of nitrogens with one attached hydrogen (secondary N) is 1. The van der Waals surface area contributed by atoms with E-state index >= 15 is 0 Å². The van der Waals surface area contributed by atoms with Crippen molar-refractivity contribution in [2.75, 3.05) is 11.9 Å². The summed E-state index contributed by atoms with van der Waals surface area (Å²) in [6.07, 6.45) is 1.52. The average molecular weight is 506 g/mol. The van der Waals surface area contributed by atoms with E-state index in [2.05, 4.69) is 10.3 Å². The molecule has 0 saturated carbocycles. The summed E-state index contributed by atoms with van der Waals surface area (Å²) in [5.41, 5.74) is 1.40. The van der Waals surface area contributed by atoms with Crippen LogP contribution >= 0.6 is 11.8 Å². The van der Waals surface area contributed by atoms with Crippen LogP contribution in [-0.2, 0) is 16.1 Å². The van der Waals surface area contributed by atoms with Gasteiger partial charge in [-0.25, -0.2) is 4.99 Å². The van der Waals surface area contributed by atoms with Gasteiger partial charge >= 0.3 is 0 Å². The minimum absolute atomic E-state index is 0.128. The standard InChI is InChI=1S/C25H23N5O5S/c1-2-35-21-12-4-3-11-20(21)28-25-29(16-18-8-5-6-13-26-18)24(32)22(36-25)15-23(31)27-17-9-7-10-19(14-17)30(33)34/h3-14,22H,2,15-16H2,1H3,(H,27,31)/t22-/m0/s1. The number of nitro groups is 1. The third-order valence-electron chi connectivity index (χ3n) is 5.16. The molecule has 1 aliphatic heterocycles. The van der Waals surface area contributed by atoms with Crippen molar-refractivity contribution in [1.82, 2.24) is 9.88 Å². The van der Waals surface area contributed by atoms with Crippen molar-refractivity contribution in [2.24, 2.45) is 4.99 Å². The van der Waals surface area contributed by atoms with Gasteiger partial charge in [0, 0.05) is 30.4 Å². The zero-order valence-corrected chi connectivity index (χ0v) is 20.2. The Morgan fingerprint density at radius 3 is 2.75 bits per heavy atom. The Morgan fingerprint density at radius 2 is 2.00 bits per heavy atom. The Hall–Kier alpha value is -4.25. The second-order valence-electron chi connectivity index (χ2n) is 7.71. The molecular formula is C25H23N5O5S. The maximum atomic E-state index is 13.3. The topological polar surface area (TPSA) is 127 Å². The Kier molecular flexibility index (Phi) is 7.91. The number of rotatable bonds is 9. The number of amidine groups is 1. The molecule has 0 spiro atoms. The summed E-state index contributed by atoms with van der Waals surface area (Å²) in [6.45, 7) is 2.54. The Morgan fingerprint density at radius 1 is 1.19 bits per heavy atom. The van der Waals surface area contributed by atoms with Gasteiger partial charge in [-0.3, -0.25) is 29.6 Å². The largest absolute Gasteiger partial charge is 0.492 e. The van der Waals surface area contributed by atoms with Crippen molar-refractivity contribution in [3.63, 3.8) is 0 Å². The molecule has 11 heteroatoms. The van der Waals surface area contributed by atoms with Crippen LogP contribution in [0.15, 0.2) is 77.9 Å². The zero-order chi connectivity index (χ0) is 25.5. The monoisotopic (exact) mass is 505 g/mol. The van der Waals surface area contributed by atoms with E-state index in [0.29, 0.717) is 28.9 Å². The van der Waals surface area contributed by atoms with Crippen LogP contribution in [0, 0.1) is 10.1 Å². The highest BCUT2D eigenvalue weighted by Crippen LogP contribution is 2.35. The summed E-state index contributed by atoms with van der Waals surface area (Å²) in [4.78, 5) is 47.1. The van der Waals surface area contributed by atoms with Crippen LogP contribution in [0.1, 0.15) is 19.0 Å². The molecular weight excluding hydrogens is 482 g/mol. The van der Waals surface area contributed by atoms with Gasteiger partial charge in [-0.2, -0.15) is 0 Å². The fourth-order valence-corrected chi connectivity index (χ4v) is 4.68. The molecule has 36 heavy (non-hydrogen) atoms. The van der Waals surface area contributed by atoms with Crippen LogP contribution in [0.2, 0.25) is 0 Å². The molecule has 1 fully saturated rings. The molecule has 0 unspecified atom stereocenters. The number of pyridine rings is 1. The van der Waals surface area contributed by atoms with E-state index in [1.54, 1.807) is 30.5 Å². The van der Waals surface area contributed by atoms with Crippen LogP contribution in [0.5, 0.6) is 5.75 Å². The lowest BCUT2D eigenvalue weighted by Crippen LogP contribution is -2.33. The summed E-state index contributed by atoms with van der Waals surface area (Å²) in [6, 6.07) is 18.4. The molecule has 184 valence electrons. The maximum absolute atomic E-state index is 13.3. The maximum Gasteiger partial charge on any atom is 0.271 e. The number of amides is 2. The summed E-state index contributed by atoms with van der Waals surface area (Å²) in [5, 5.41) is 13.4. The smallest absolute Gasteiger partial charge is 0.271 e. The molecule has 1 aliphatic rings. The molecule has 4 rings (SSSR count). The summed E-state index contributed by atoms with van der Waals surface area (Å²) in [5.74, 6) is -0.118. The van der Waals surface area contributed by atoms with Gasteiger partial charge < -0.3 is 10.1 Å². The molecule has 1 saturated heterocycles. The normalized spacial score (nSPS) is 16.2. The van der Waals surface area contributed by atoms with E-state index < -0.39 is 16.1 Å². The van der Waals surface area contributed by atoms with E-state index in [1.807, 2.05) is 31.2 Å². The highest BCUT2D eigenvalue weighted by atomic mass is 32.2. The van der Waals surface area contributed by atoms with E-state index in [1.165, 1.54) is 34.9 Å². The molecule has 2 heterocycles. The quantitative estimate of drug-likeness (QED) is 0.334. The first-order valence-electron chi connectivity index (χ1n) is 11.2. The minimum atomic E-state index is -0.717. The molecule has 1 N–H and O–H groups in total. The van der Waals surface area contributed by atoms with Crippen LogP contribution in [0.4, 0.5) is 17.1 Å². The lowest BCUT2D eigenvalue weighted by Gasteiger charge is -2.16. The van der Waals surface area contributed by atoms with Crippen molar-refractivity contribution in [2.45, 2.75) is 25.1 Å². The number of nitro benzene ring substituents is 1. The average Bonchev–Trinajstić information content (AvgIpc) is 3.15. The number of carbonyl (C=O) groups is 2. The SMILES string of the molecule is CCOc1ccccc1N=C1S[C@@H](CC(=O)Nc2cccc([N+](=O)[O-])c2)C(=O)N1Cc1ccccn1. The number of anilines is 1. The first-order valence-corrected chi connectivity index (χ1v) is 12.1. The zero-order valence-electron chi connectivity index (χ0n) is 19.4. The first-order chi connectivity index (χ1) is 17.4. The first kappa shape index (κ1) is 24.9. The number of ether oxygens (including phenoxy) is 1. The lowest BCUT2D eigenvalue weighted by atomic mass is 10.2. The molecule has 10 nitrogen and oxygen atoms in total. The van der Waals surface area contributed by atoms with Gasteiger partial charge in [0.05, 0.1) is 23.8 Å². The highest BCUT2D eigenvalue weighted by Gasteiger charge is 2.39. The number of hydrogen-bond donors (Lipinski definition) is 1. The van der Waals surface area contributed by atoms with E-state index in [9.17, 15) is 19.7 Å².